The van der Waals surface area contributed by atoms with E-state index in [2.05, 4.69) is 4.98 Å². The summed E-state index contributed by atoms with van der Waals surface area (Å²) in [7, 11) is 3.58. The molecule has 0 bridgehead atoms. The van der Waals surface area contributed by atoms with Crippen LogP contribution in [0, 0.1) is 4.77 Å². The van der Waals surface area contributed by atoms with E-state index < -0.39 is 11.6 Å². The van der Waals surface area contributed by atoms with Crippen LogP contribution in [0.25, 0.3) is 16.5 Å². The van der Waals surface area contributed by atoms with Gasteiger partial charge in [0.05, 0.1) is 32.0 Å². The van der Waals surface area contributed by atoms with E-state index in [1.807, 2.05) is 55.6 Å². The number of nitrogens with one attached hydrogen (secondary N) is 2. The van der Waals surface area contributed by atoms with Gasteiger partial charge in [0.25, 0.3) is 5.56 Å². The summed E-state index contributed by atoms with van der Waals surface area (Å²) in [5.74, 6) is 1.48. The Bertz CT molecular complexity index is 1600. The minimum absolute atomic E-state index is 0.111. The molecule has 0 radical (unpaired) electrons. The van der Waals surface area contributed by atoms with Crippen LogP contribution in [0.4, 0.5) is 0 Å². The number of aromatic nitrogens is 2. The number of benzene rings is 3. The second kappa shape index (κ2) is 8.14. The molecule has 6 rings (SSSR count). The minimum atomic E-state index is -0.510. The van der Waals surface area contributed by atoms with E-state index in [0.29, 0.717) is 22.9 Å². The second-order valence-corrected chi connectivity index (χ2v) is 9.21. The van der Waals surface area contributed by atoms with Gasteiger partial charge < -0.3 is 24.2 Å². The smallest absolute Gasteiger partial charge is 0.265 e. The maximum absolute atomic E-state index is 13.4. The molecule has 4 aromatic rings. The second-order valence-electron chi connectivity index (χ2n) is 8.83. The lowest BCUT2D eigenvalue weighted by molar-refractivity contribution is -0.908. The van der Waals surface area contributed by atoms with Crippen molar-refractivity contribution in [2.45, 2.75) is 12.5 Å². The largest absolute Gasteiger partial charge is 0.494 e. The molecule has 0 aliphatic carbocycles. The molecule has 1 unspecified atom stereocenters. The molecule has 3 heterocycles. The van der Waals surface area contributed by atoms with Crippen LogP contribution in [0.1, 0.15) is 22.7 Å². The van der Waals surface area contributed by atoms with Gasteiger partial charge in [-0.2, -0.15) is 0 Å². The lowest BCUT2D eigenvalue weighted by Gasteiger charge is -2.33. The molecule has 2 atom stereocenters. The van der Waals surface area contributed by atoms with Crippen LogP contribution in [-0.4, -0.2) is 42.2 Å². The van der Waals surface area contributed by atoms with E-state index in [-0.39, 0.29) is 23.0 Å². The fourth-order valence-electron chi connectivity index (χ4n) is 5.34. The molecular formula is C26H24N3O5S+. The highest BCUT2D eigenvalue weighted by Gasteiger charge is 2.41. The van der Waals surface area contributed by atoms with Crippen molar-refractivity contribution in [3.63, 3.8) is 0 Å². The molecule has 8 nitrogen and oxygen atoms in total. The Hall–Kier alpha value is -3.82. The van der Waals surface area contributed by atoms with Crippen molar-refractivity contribution < 1.29 is 24.2 Å². The molecule has 178 valence electrons. The van der Waals surface area contributed by atoms with Crippen LogP contribution in [0.15, 0.2) is 53.3 Å². The topological polar surface area (TPSA) is 90.2 Å². The first-order valence-corrected chi connectivity index (χ1v) is 11.8. The number of ether oxygens (including phenoxy) is 3. The number of hydrogen-bond donors (Lipinski definition) is 3. The van der Waals surface area contributed by atoms with E-state index in [0.717, 1.165) is 39.8 Å². The number of nitrogens with zero attached hydrogens (tertiary/aromatic N) is 1. The third kappa shape index (κ3) is 3.23. The Labute approximate surface area is 205 Å². The molecule has 35 heavy (non-hydrogen) atoms. The number of aromatic hydroxyl groups is 1. The number of fused-ring (bicyclic) bond motifs is 3. The number of quaternary nitrogens is 1. The monoisotopic (exact) mass is 490 g/mol. The minimum Gasteiger partial charge on any atom is -0.494 e. The molecule has 0 saturated heterocycles. The Morgan fingerprint density at radius 1 is 1.17 bits per heavy atom. The number of likely N-dealkylation sites (N-methyl/N-ethyl adjacent to an activating group) is 1. The molecule has 1 aromatic heterocycles. The quantitative estimate of drug-likeness (QED) is 0.383. The van der Waals surface area contributed by atoms with Crippen molar-refractivity contribution in [1.29, 1.82) is 0 Å². The van der Waals surface area contributed by atoms with E-state index in [1.165, 1.54) is 4.57 Å². The Kier molecular flexibility index (Phi) is 5.05. The highest BCUT2D eigenvalue weighted by Crippen LogP contribution is 2.48. The number of methoxy groups -OCH3 is 1. The van der Waals surface area contributed by atoms with Gasteiger partial charge in [0.15, 0.2) is 22.3 Å². The van der Waals surface area contributed by atoms with Crippen molar-refractivity contribution in [2.75, 3.05) is 27.5 Å². The van der Waals surface area contributed by atoms with Crippen LogP contribution in [0.5, 0.6) is 23.1 Å². The van der Waals surface area contributed by atoms with Crippen LogP contribution in [0.2, 0.25) is 0 Å². The van der Waals surface area contributed by atoms with Crippen LogP contribution >= 0.6 is 12.2 Å². The van der Waals surface area contributed by atoms with Crippen molar-refractivity contribution in [3.8, 4) is 28.8 Å². The maximum Gasteiger partial charge on any atom is 0.265 e. The highest BCUT2D eigenvalue weighted by atomic mass is 32.1. The van der Waals surface area contributed by atoms with Gasteiger partial charge in [0, 0.05) is 11.8 Å². The fourth-order valence-corrected chi connectivity index (χ4v) is 5.62. The zero-order valence-electron chi connectivity index (χ0n) is 19.3. The Balaban J connectivity index is 1.65. The highest BCUT2D eigenvalue weighted by molar-refractivity contribution is 7.71. The first kappa shape index (κ1) is 21.7. The molecule has 0 amide bonds. The SMILES string of the molecule is COc1c2c(cc3c1[C@@H](c1c(O)n(-c4cccc5ccccc45)c(=S)[nH]c1=O)[NH+](C)CC3)OCO2. The Morgan fingerprint density at radius 3 is 2.80 bits per heavy atom. The van der Waals surface area contributed by atoms with Gasteiger partial charge in [0.1, 0.15) is 5.56 Å². The molecule has 2 aliphatic rings. The predicted octanol–water partition coefficient (Wildman–Crippen LogP) is 2.65. The first-order valence-electron chi connectivity index (χ1n) is 11.4. The number of H-pyrrole nitrogens is 1. The van der Waals surface area contributed by atoms with Gasteiger partial charge in [-0.3, -0.25) is 14.3 Å². The van der Waals surface area contributed by atoms with E-state index in [4.69, 9.17) is 26.4 Å². The van der Waals surface area contributed by atoms with Crippen molar-refractivity contribution in [1.82, 2.24) is 9.55 Å². The van der Waals surface area contributed by atoms with E-state index in [1.54, 1.807) is 7.11 Å². The molecule has 0 fully saturated rings. The first-order chi connectivity index (χ1) is 17.0. The summed E-state index contributed by atoms with van der Waals surface area (Å²) in [6.07, 6.45) is 0.770. The summed E-state index contributed by atoms with van der Waals surface area (Å²) in [6, 6.07) is 15.1. The lowest BCUT2D eigenvalue weighted by Crippen LogP contribution is -3.10. The average molecular weight is 491 g/mol. The summed E-state index contributed by atoms with van der Waals surface area (Å²) in [4.78, 5) is 17.2. The molecule has 0 saturated carbocycles. The zero-order valence-corrected chi connectivity index (χ0v) is 20.1. The number of rotatable bonds is 3. The lowest BCUT2D eigenvalue weighted by atomic mass is 9.87. The van der Waals surface area contributed by atoms with Crippen molar-refractivity contribution >= 4 is 23.0 Å². The average Bonchev–Trinajstić information content (AvgIpc) is 3.32. The van der Waals surface area contributed by atoms with Gasteiger partial charge in [-0.15, -0.1) is 0 Å². The van der Waals surface area contributed by atoms with Crippen LogP contribution < -0.4 is 24.7 Å². The zero-order chi connectivity index (χ0) is 24.3. The Morgan fingerprint density at radius 2 is 1.97 bits per heavy atom. The molecule has 0 spiro atoms. The summed E-state index contributed by atoms with van der Waals surface area (Å²) in [5, 5.41) is 13.6. The fraction of sp³-hybridized carbons (Fsp3) is 0.231. The van der Waals surface area contributed by atoms with Crippen LogP contribution in [-0.2, 0) is 6.42 Å². The van der Waals surface area contributed by atoms with Gasteiger partial charge in [0.2, 0.25) is 18.4 Å². The van der Waals surface area contributed by atoms with Crippen LogP contribution in [0.3, 0.4) is 0 Å². The third-order valence-electron chi connectivity index (χ3n) is 6.93. The molecule has 3 aromatic carbocycles. The normalized spacial score (nSPS) is 18.5. The summed E-state index contributed by atoms with van der Waals surface area (Å²) in [6.45, 7) is 0.864. The van der Waals surface area contributed by atoms with E-state index in [9.17, 15) is 9.90 Å². The van der Waals surface area contributed by atoms with Gasteiger partial charge in [-0.25, -0.2) is 0 Å². The number of aromatic amines is 1. The van der Waals surface area contributed by atoms with Crippen molar-refractivity contribution in [2.24, 2.45) is 0 Å². The summed E-state index contributed by atoms with van der Waals surface area (Å²) < 4.78 is 18.8. The summed E-state index contributed by atoms with van der Waals surface area (Å²) in [5.41, 5.74) is 2.29. The maximum atomic E-state index is 13.4. The molecule has 9 heteroatoms. The van der Waals surface area contributed by atoms with Gasteiger partial charge in [-0.1, -0.05) is 36.4 Å². The molecule has 3 N–H and O–H groups in total. The standard InChI is InChI=1S/C26H23N3O5S/c1-28-11-10-15-12-18-22(34-13-33-18)23(32-2)19(15)21(28)20-24(30)27-26(35)29(25(20)31)17-9-5-7-14-6-3-4-8-16(14)17/h3-9,12,21,31H,10-11,13H2,1-2H3,(H,27,30,35)/p+1/t21-/m0/s1. The predicted molar refractivity (Wildman–Crippen MR) is 133 cm³/mol. The van der Waals surface area contributed by atoms with Crippen molar-refractivity contribution in [3.05, 3.63) is 80.3 Å². The van der Waals surface area contributed by atoms with E-state index >= 15 is 0 Å². The molecular weight excluding hydrogens is 466 g/mol. The third-order valence-corrected chi connectivity index (χ3v) is 7.22. The number of hydrogen-bond acceptors (Lipinski definition) is 6. The summed E-state index contributed by atoms with van der Waals surface area (Å²) >= 11 is 5.53. The molecule has 2 aliphatic heterocycles. The van der Waals surface area contributed by atoms with Gasteiger partial charge in [-0.05, 0) is 35.3 Å². The van der Waals surface area contributed by atoms with Gasteiger partial charge >= 0.3 is 0 Å².